The molecule has 0 aliphatic rings. The van der Waals surface area contributed by atoms with Crippen LogP contribution in [-0.2, 0) is 4.74 Å². The van der Waals surface area contributed by atoms with Crippen LogP contribution in [-0.4, -0.2) is 19.3 Å². The number of rotatable bonds is 3. The van der Waals surface area contributed by atoms with Gasteiger partial charge in [0.1, 0.15) is 0 Å². The average molecular weight is 365 g/mol. The molecule has 0 fully saturated rings. The van der Waals surface area contributed by atoms with E-state index < -0.39 is 0 Å². The van der Waals surface area contributed by atoms with Gasteiger partial charge in [-0.2, -0.15) is 0 Å². The lowest BCUT2D eigenvalue weighted by Crippen LogP contribution is -2.00. The van der Waals surface area contributed by atoms with Crippen molar-refractivity contribution in [3.05, 3.63) is 63.2 Å². The topological polar surface area (TPSA) is 38.7 Å². The summed E-state index contributed by atoms with van der Waals surface area (Å²) in [4.78, 5) is 15.8. The summed E-state index contributed by atoms with van der Waals surface area (Å²) in [5, 5.41) is 0. The zero-order valence-electron chi connectivity index (χ0n) is 10.3. The Balaban J connectivity index is 2.24. The first-order valence-electron chi connectivity index (χ1n) is 5.67. The summed E-state index contributed by atoms with van der Waals surface area (Å²) in [6.07, 6.45) is 1.79. The fourth-order valence-electron chi connectivity index (χ4n) is 1.55. The Kier molecular flexibility index (Phi) is 4.68. The van der Waals surface area contributed by atoms with E-state index >= 15 is 0 Å². The summed E-state index contributed by atoms with van der Waals surface area (Å²) in [6, 6.07) is 15.0. The van der Waals surface area contributed by atoms with Gasteiger partial charge in [-0.3, -0.25) is 4.99 Å². The minimum atomic E-state index is -0.355. The molecule has 0 aromatic heterocycles. The van der Waals surface area contributed by atoms with Gasteiger partial charge in [-0.25, -0.2) is 4.79 Å². The van der Waals surface area contributed by atoms with Crippen LogP contribution in [0.2, 0.25) is 0 Å². The van der Waals surface area contributed by atoms with Gasteiger partial charge in [0.25, 0.3) is 0 Å². The van der Waals surface area contributed by atoms with Crippen LogP contribution >= 0.6 is 22.6 Å². The molecular formula is C15H12INO2. The summed E-state index contributed by atoms with van der Waals surface area (Å²) in [5.41, 5.74) is 2.27. The molecule has 4 heteroatoms. The number of esters is 1. The van der Waals surface area contributed by atoms with Gasteiger partial charge >= 0.3 is 5.97 Å². The molecule has 0 radical (unpaired) electrons. The summed E-state index contributed by atoms with van der Waals surface area (Å²) in [7, 11) is 1.37. The number of carbonyl (C=O) groups excluding carboxylic acids is 1. The number of ether oxygens (including phenoxy) is 1. The maximum absolute atomic E-state index is 11.4. The highest BCUT2D eigenvalue weighted by atomic mass is 127. The van der Waals surface area contributed by atoms with E-state index in [4.69, 9.17) is 0 Å². The lowest BCUT2D eigenvalue weighted by Gasteiger charge is -2.00. The summed E-state index contributed by atoms with van der Waals surface area (Å²) < 4.78 is 5.81. The summed E-state index contributed by atoms with van der Waals surface area (Å²) >= 11 is 2.26. The van der Waals surface area contributed by atoms with Crippen LogP contribution in [0.4, 0.5) is 5.69 Å². The Bertz CT molecular complexity index is 623. The normalized spacial score (nSPS) is 10.6. The maximum atomic E-state index is 11.4. The van der Waals surface area contributed by atoms with Crippen molar-refractivity contribution < 1.29 is 9.53 Å². The Hall–Kier alpha value is -1.69. The molecule has 0 spiro atoms. The van der Waals surface area contributed by atoms with Gasteiger partial charge in [0.2, 0.25) is 0 Å². The SMILES string of the molecule is COC(=O)c1cccc(N=Cc2ccccc2I)c1. The number of hydrogen-bond donors (Lipinski definition) is 0. The van der Waals surface area contributed by atoms with Gasteiger partial charge < -0.3 is 4.74 Å². The van der Waals surface area contributed by atoms with E-state index in [0.29, 0.717) is 5.56 Å². The molecular weight excluding hydrogens is 353 g/mol. The van der Waals surface area contributed by atoms with Gasteiger partial charge in [-0.15, -0.1) is 0 Å². The van der Waals surface area contributed by atoms with Gasteiger partial charge in [-0.1, -0.05) is 24.3 Å². The third kappa shape index (κ3) is 3.64. The summed E-state index contributed by atoms with van der Waals surface area (Å²) in [6.45, 7) is 0. The second-order valence-corrected chi connectivity index (χ2v) is 4.98. The molecule has 2 aromatic carbocycles. The lowest BCUT2D eigenvalue weighted by molar-refractivity contribution is 0.0601. The molecule has 0 atom stereocenters. The molecule has 0 bridgehead atoms. The van der Waals surface area contributed by atoms with E-state index in [-0.39, 0.29) is 5.97 Å². The zero-order valence-corrected chi connectivity index (χ0v) is 12.5. The number of benzene rings is 2. The highest BCUT2D eigenvalue weighted by molar-refractivity contribution is 14.1. The van der Waals surface area contributed by atoms with Crippen molar-refractivity contribution in [3.63, 3.8) is 0 Å². The Morgan fingerprint density at radius 2 is 2.00 bits per heavy atom. The molecule has 0 aliphatic carbocycles. The van der Waals surface area contributed by atoms with Crippen molar-refractivity contribution in [1.29, 1.82) is 0 Å². The predicted molar refractivity (Wildman–Crippen MR) is 84.2 cm³/mol. The number of aliphatic imine (C=N–C) groups is 1. The Labute approximate surface area is 125 Å². The van der Waals surface area contributed by atoms with Gasteiger partial charge in [0.05, 0.1) is 18.4 Å². The number of halogens is 1. The van der Waals surface area contributed by atoms with Crippen molar-refractivity contribution >= 4 is 40.5 Å². The van der Waals surface area contributed by atoms with Crippen molar-refractivity contribution in [1.82, 2.24) is 0 Å². The first-order valence-corrected chi connectivity index (χ1v) is 6.75. The van der Waals surface area contributed by atoms with Crippen molar-refractivity contribution in [2.24, 2.45) is 4.99 Å². The largest absolute Gasteiger partial charge is 0.465 e. The minimum absolute atomic E-state index is 0.355. The predicted octanol–water partition coefficient (Wildman–Crippen LogP) is 3.83. The quantitative estimate of drug-likeness (QED) is 0.471. The fourth-order valence-corrected chi connectivity index (χ4v) is 2.08. The highest BCUT2D eigenvalue weighted by Gasteiger charge is 2.04. The first kappa shape index (κ1) is 13.7. The van der Waals surface area contributed by atoms with E-state index in [1.807, 2.05) is 30.3 Å². The van der Waals surface area contributed by atoms with E-state index in [1.54, 1.807) is 24.4 Å². The molecule has 19 heavy (non-hydrogen) atoms. The summed E-state index contributed by atoms with van der Waals surface area (Å²) in [5.74, 6) is -0.355. The maximum Gasteiger partial charge on any atom is 0.337 e. The number of carbonyl (C=O) groups is 1. The zero-order chi connectivity index (χ0) is 13.7. The minimum Gasteiger partial charge on any atom is -0.465 e. The van der Waals surface area contributed by atoms with Crippen LogP contribution in [0.1, 0.15) is 15.9 Å². The van der Waals surface area contributed by atoms with Gasteiger partial charge in [-0.05, 0) is 46.9 Å². The van der Waals surface area contributed by atoms with Gasteiger partial charge in [0, 0.05) is 15.3 Å². The molecule has 0 heterocycles. The third-order valence-corrected chi connectivity index (χ3v) is 3.51. The van der Waals surface area contributed by atoms with Crippen LogP contribution < -0.4 is 0 Å². The average Bonchev–Trinajstić information content (AvgIpc) is 2.46. The first-order chi connectivity index (χ1) is 9.20. The molecule has 96 valence electrons. The molecule has 2 aromatic rings. The third-order valence-electron chi connectivity index (χ3n) is 2.53. The number of nitrogens with zero attached hydrogens (tertiary/aromatic N) is 1. The van der Waals surface area contributed by atoms with Crippen LogP contribution in [0, 0.1) is 3.57 Å². The smallest absolute Gasteiger partial charge is 0.337 e. The molecule has 0 saturated heterocycles. The number of hydrogen-bond acceptors (Lipinski definition) is 3. The number of methoxy groups -OCH3 is 1. The van der Waals surface area contributed by atoms with Gasteiger partial charge in [0.15, 0.2) is 0 Å². The second-order valence-electron chi connectivity index (χ2n) is 3.82. The van der Waals surface area contributed by atoms with Crippen LogP contribution in [0.15, 0.2) is 53.5 Å². The van der Waals surface area contributed by atoms with Crippen LogP contribution in [0.25, 0.3) is 0 Å². The second kappa shape index (κ2) is 6.47. The van der Waals surface area contributed by atoms with E-state index in [2.05, 4.69) is 32.3 Å². The molecule has 0 saturated carbocycles. The van der Waals surface area contributed by atoms with Crippen molar-refractivity contribution in [2.75, 3.05) is 7.11 Å². The highest BCUT2D eigenvalue weighted by Crippen LogP contribution is 2.16. The molecule has 0 N–H and O–H groups in total. The molecule has 0 aliphatic heterocycles. The van der Waals surface area contributed by atoms with Crippen molar-refractivity contribution in [2.45, 2.75) is 0 Å². The Morgan fingerprint density at radius 3 is 2.74 bits per heavy atom. The molecule has 2 rings (SSSR count). The van der Waals surface area contributed by atoms with Crippen LogP contribution in [0.5, 0.6) is 0 Å². The van der Waals surface area contributed by atoms with Crippen LogP contribution in [0.3, 0.4) is 0 Å². The standard InChI is InChI=1S/C15H12INO2/c1-19-15(18)11-6-4-7-13(9-11)17-10-12-5-2-3-8-14(12)16/h2-10H,1H3. The van der Waals surface area contributed by atoms with E-state index in [1.165, 1.54) is 7.11 Å². The molecule has 0 unspecified atom stereocenters. The molecule has 0 amide bonds. The fraction of sp³-hybridized carbons (Fsp3) is 0.0667. The monoisotopic (exact) mass is 365 g/mol. The van der Waals surface area contributed by atoms with E-state index in [9.17, 15) is 4.79 Å². The van der Waals surface area contributed by atoms with E-state index in [0.717, 1.165) is 14.8 Å². The molecule has 3 nitrogen and oxygen atoms in total. The van der Waals surface area contributed by atoms with Crippen molar-refractivity contribution in [3.8, 4) is 0 Å². The lowest BCUT2D eigenvalue weighted by atomic mass is 10.2. The Morgan fingerprint density at radius 1 is 1.21 bits per heavy atom.